The van der Waals surface area contributed by atoms with E-state index in [0.29, 0.717) is 49.0 Å². The Bertz CT molecular complexity index is 1310. The zero-order valence-electron chi connectivity index (χ0n) is 27.6. The fourth-order valence-corrected chi connectivity index (χ4v) is 8.48. The van der Waals surface area contributed by atoms with Crippen molar-refractivity contribution in [3.63, 3.8) is 0 Å². The van der Waals surface area contributed by atoms with Gasteiger partial charge in [0.1, 0.15) is 5.82 Å². The number of hydrogen-bond donors (Lipinski definition) is 3. The van der Waals surface area contributed by atoms with Gasteiger partial charge in [-0.15, -0.1) is 0 Å². The van der Waals surface area contributed by atoms with Crippen LogP contribution in [-0.4, -0.2) is 69.2 Å². The SMILES string of the molecule is CCC(=N)/C(=C\C(=NC1CCC(NC2CCS(=O)(=O)C2)CC1)C(C)CC)c1ccc(F)c(NCC2(C)CCOCC2)c1CC. The molecule has 2 aliphatic heterocycles. The molecule has 1 aliphatic carbocycles. The average Bonchev–Trinajstić information content (AvgIpc) is 3.36. The van der Waals surface area contributed by atoms with Gasteiger partial charge in [0.05, 0.1) is 23.2 Å². The largest absolute Gasteiger partial charge is 0.382 e. The molecule has 3 fully saturated rings. The number of halogens is 1. The van der Waals surface area contributed by atoms with Crippen molar-refractivity contribution in [2.24, 2.45) is 16.3 Å². The normalized spacial score (nSPS) is 26.4. The van der Waals surface area contributed by atoms with Crippen molar-refractivity contribution in [1.82, 2.24) is 5.32 Å². The smallest absolute Gasteiger partial charge is 0.151 e. The zero-order chi connectivity index (χ0) is 31.9. The zero-order valence-corrected chi connectivity index (χ0v) is 28.4. The number of ether oxygens (including phenoxy) is 1. The van der Waals surface area contributed by atoms with Crippen LogP contribution in [0.1, 0.15) is 104 Å². The molecule has 2 atom stereocenters. The van der Waals surface area contributed by atoms with Crippen LogP contribution in [0.3, 0.4) is 0 Å². The van der Waals surface area contributed by atoms with Crippen molar-refractivity contribution in [3.05, 3.63) is 35.2 Å². The number of hydrogen-bond acceptors (Lipinski definition) is 7. The lowest BCUT2D eigenvalue weighted by molar-refractivity contribution is 0.0300. The summed E-state index contributed by atoms with van der Waals surface area (Å²) < 4.78 is 44.7. The highest BCUT2D eigenvalue weighted by molar-refractivity contribution is 7.91. The first-order valence-electron chi connectivity index (χ1n) is 16.9. The van der Waals surface area contributed by atoms with Crippen LogP contribution in [0, 0.1) is 22.6 Å². The Labute approximate surface area is 265 Å². The number of nitrogens with one attached hydrogen (secondary N) is 3. The Hall–Kier alpha value is -2.10. The van der Waals surface area contributed by atoms with Gasteiger partial charge in [0, 0.05) is 48.8 Å². The topological polar surface area (TPSA) is 104 Å². The van der Waals surface area contributed by atoms with E-state index in [1.54, 1.807) is 6.07 Å². The van der Waals surface area contributed by atoms with Crippen molar-refractivity contribution < 1.29 is 17.5 Å². The molecule has 44 heavy (non-hydrogen) atoms. The highest BCUT2D eigenvalue weighted by atomic mass is 32.2. The van der Waals surface area contributed by atoms with Gasteiger partial charge in [-0.25, -0.2) is 12.8 Å². The van der Waals surface area contributed by atoms with Crippen molar-refractivity contribution in [1.29, 1.82) is 5.41 Å². The predicted octanol–water partition coefficient (Wildman–Crippen LogP) is 7.00. The van der Waals surface area contributed by atoms with E-state index in [0.717, 1.165) is 80.6 Å². The average molecular weight is 631 g/mol. The molecule has 0 amide bonds. The molecule has 3 N–H and O–H groups in total. The second-order valence-electron chi connectivity index (χ2n) is 13.6. The second kappa shape index (κ2) is 15.5. The maximum absolute atomic E-state index is 15.4. The van der Waals surface area contributed by atoms with Gasteiger partial charge in [-0.1, -0.05) is 40.7 Å². The van der Waals surface area contributed by atoms with Gasteiger partial charge in [0.15, 0.2) is 9.84 Å². The highest BCUT2D eigenvalue weighted by Crippen LogP contribution is 2.35. The van der Waals surface area contributed by atoms with Gasteiger partial charge in [0.2, 0.25) is 0 Å². The van der Waals surface area contributed by atoms with E-state index in [2.05, 4.69) is 44.4 Å². The molecule has 2 heterocycles. The van der Waals surface area contributed by atoms with Crippen molar-refractivity contribution >= 4 is 32.5 Å². The lowest BCUT2D eigenvalue weighted by Crippen LogP contribution is -2.41. The minimum absolute atomic E-state index is 0.0558. The first kappa shape index (κ1) is 34.8. The number of sulfone groups is 1. The Morgan fingerprint density at radius 3 is 2.43 bits per heavy atom. The van der Waals surface area contributed by atoms with Gasteiger partial charge in [-0.05, 0) is 98.8 Å². The van der Waals surface area contributed by atoms with Crippen LogP contribution in [-0.2, 0) is 21.0 Å². The summed E-state index contributed by atoms with van der Waals surface area (Å²) in [5.74, 6) is 0.532. The summed E-state index contributed by atoms with van der Waals surface area (Å²) in [6.07, 6.45) is 10.8. The van der Waals surface area contributed by atoms with E-state index in [4.69, 9.17) is 15.1 Å². The van der Waals surface area contributed by atoms with Gasteiger partial charge >= 0.3 is 0 Å². The molecule has 1 aromatic carbocycles. The Morgan fingerprint density at radius 1 is 1.14 bits per heavy atom. The summed E-state index contributed by atoms with van der Waals surface area (Å²) in [5.41, 5.74) is 4.81. The fourth-order valence-electron chi connectivity index (χ4n) is 6.80. The van der Waals surface area contributed by atoms with Crippen molar-refractivity contribution in [2.75, 3.05) is 36.6 Å². The summed E-state index contributed by atoms with van der Waals surface area (Å²) in [7, 11) is -2.89. The molecule has 2 saturated heterocycles. The van der Waals surface area contributed by atoms with E-state index in [1.807, 2.05) is 13.0 Å². The van der Waals surface area contributed by atoms with E-state index >= 15 is 4.39 Å². The monoisotopic (exact) mass is 630 g/mol. The molecule has 0 aromatic heterocycles. The number of allylic oxidation sites excluding steroid dienone is 2. The number of anilines is 1. The van der Waals surface area contributed by atoms with E-state index < -0.39 is 9.84 Å². The molecule has 9 heteroatoms. The van der Waals surface area contributed by atoms with Crippen LogP contribution in [0.5, 0.6) is 0 Å². The molecule has 7 nitrogen and oxygen atoms in total. The quantitative estimate of drug-likeness (QED) is 0.204. The second-order valence-corrected chi connectivity index (χ2v) is 15.8. The van der Waals surface area contributed by atoms with Gasteiger partial charge in [-0.3, -0.25) is 4.99 Å². The van der Waals surface area contributed by atoms with Gasteiger partial charge < -0.3 is 20.8 Å². The van der Waals surface area contributed by atoms with E-state index in [-0.39, 0.29) is 35.0 Å². The highest BCUT2D eigenvalue weighted by Gasteiger charge is 2.31. The standard InChI is InChI=1S/C35H55FN4O3S/c1-6-24(4)33(40-26-11-9-25(10-12-26)39-27-15-20-44(41,42)22-27)21-30(32(37)8-3)29-13-14-31(36)34(28(29)7-2)38-23-35(5)16-18-43-19-17-35/h13-14,21,24-27,37-39H,6-12,15-20,22-23H2,1-5H3/b30-21-,37-32?,40-33?. The first-order valence-corrected chi connectivity index (χ1v) is 18.8. The number of aliphatic imine (C=N–C) groups is 1. The number of benzene rings is 1. The van der Waals surface area contributed by atoms with Gasteiger partial charge in [0.25, 0.3) is 0 Å². The third-order valence-corrected chi connectivity index (χ3v) is 11.9. The molecule has 0 bridgehead atoms. The molecule has 1 saturated carbocycles. The molecule has 4 rings (SSSR count). The van der Waals surface area contributed by atoms with Crippen LogP contribution >= 0.6 is 0 Å². The minimum Gasteiger partial charge on any atom is -0.382 e. The Morgan fingerprint density at radius 2 is 1.84 bits per heavy atom. The van der Waals surface area contributed by atoms with Crippen molar-refractivity contribution in [3.8, 4) is 0 Å². The molecular weight excluding hydrogens is 575 g/mol. The fraction of sp³-hybridized carbons (Fsp3) is 0.714. The Kier molecular flexibility index (Phi) is 12.2. The molecule has 246 valence electrons. The third-order valence-electron chi connectivity index (χ3n) is 10.1. The predicted molar refractivity (Wildman–Crippen MR) is 182 cm³/mol. The summed E-state index contributed by atoms with van der Waals surface area (Å²) in [6.45, 7) is 12.8. The minimum atomic E-state index is -2.89. The van der Waals surface area contributed by atoms with Crippen LogP contribution in [0.15, 0.2) is 23.2 Å². The molecule has 2 unspecified atom stereocenters. The summed E-state index contributed by atoms with van der Waals surface area (Å²) in [4.78, 5) is 5.30. The number of nitrogens with zero attached hydrogens (tertiary/aromatic N) is 1. The van der Waals surface area contributed by atoms with Crippen LogP contribution in [0.25, 0.3) is 5.57 Å². The first-order chi connectivity index (χ1) is 21.0. The van der Waals surface area contributed by atoms with E-state index in [1.165, 1.54) is 0 Å². The molecule has 0 spiro atoms. The lowest BCUT2D eigenvalue weighted by Gasteiger charge is -2.34. The molecule has 3 aliphatic rings. The molecular formula is C35H55FN4O3S. The molecule has 1 aromatic rings. The third kappa shape index (κ3) is 9.00. The van der Waals surface area contributed by atoms with Crippen LogP contribution < -0.4 is 10.6 Å². The maximum atomic E-state index is 15.4. The lowest BCUT2D eigenvalue weighted by atomic mass is 9.82. The number of rotatable bonds is 13. The maximum Gasteiger partial charge on any atom is 0.151 e. The van der Waals surface area contributed by atoms with Crippen molar-refractivity contribution in [2.45, 2.75) is 117 Å². The Balaban J connectivity index is 1.58. The van der Waals surface area contributed by atoms with Crippen LogP contribution in [0.4, 0.5) is 10.1 Å². The summed E-state index contributed by atoms with van der Waals surface area (Å²) in [5, 5.41) is 16.1. The van der Waals surface area contributed by atoms with E-state index in [9.17, 15) is 8.42 Å². The molecule has 0 radical (unpaired) electrons. The summed E-state index contributed by atoms with van der Waals surface area (Å²) >= 11 is 0. The van der Waals surface area contributed by atoms with Gasteiger partial charge in [-0.2, -0.15) is 0 Å². The summed E-state index contributed by atoms with van der Waals surface area (Å²) in [6, 6.07) is 4.01. The van der Waals surface area contributed by atoms with Crippen LogP contribution in [0.2, 0.25) is 0 Å².